The molecule has 1 aromatic heterocycles. The first kappa shape index (κ1) is 36.0. The first-order valence-electron chi connectivity index (χ1n) is 20.2. The van der Waals surface area contributed by atoms with Crippen molar-refractivity contribution < 1.29 is 4.74 Å². The van der Waals surface area contributed by atoms with Crippen molar-refractivity contribution in [1.82, 2.24) is 4.57 Å². The summed E-state index contributed by atoms with van der Waals surface area (Å²) < 4.78 is 8.62. The average Bonchev–Trinajstić information content (AvgIpc) is 3.63. The van der Waals surface area contributed by atoms with Crippen molar-refractivity contribution in [3.63, 3.8) is 0 Å². The number of fused-ring (bicyclic) bond motifs is 3. The van der Waals surface area contributed by atoms with Crippen LogP contribution in [0.4, 0.5) is 17.1 Å². The zero-order chi connectivity index (χ0) is 39.6. The molecule has 3 nitrogen and oxygen atoms in total. The molecule has 0 amide bonds. The molecule has 0 fully saturated rings. The van der Waals surface area contributed by atoms with Gasteiger partial charge in [-0.2, -0.15) is 0 Å². The Labute approximate surface area is 346 Å². The maximum Gasteiger partial charge on any atom is 0.179 e. The Morgan fingerprint density at radius 2 is 0.797 bits per heavy atom. The minimum atomic E-state index is -2.79. The van der Waals surface area contributed by atoms with Gasteiger partial charge in [-0.1, -0.05) is 157 Å². The Morgan fingerprint density at radius 3 is 1.34 bits per heavy atom. The average molecular weight is 775 g/mol. The van der Waals surface area contributed by atoms with Crippen LogP contribution in [0.5, 0.6) is 11.5 Å². The van der Waals surface area contributed by atoms with Crippen LogP contribution in [0, 0.1) is 6.92 Å². The lowest BCUT2D eigenvalue weighted by Crippen LogP contribution is -2.74. The first-order valence-corrected chi connectivity index (χ1v) is 22.2. The van der Waals surface area contributed by atoms with E-state index >= 15 is 0 Å². The van der Waals surface area contributed by atoms with E-state index in [1.54, 1.807) is 0 Å². The molecule has 0 radical (unpaired) electrons. The number of anilines is 3. The Balaban J connectivity index is 1.21. The molecule has 0 unspecified atom stereocenters. The van der Waals surface area contributed by atoms with Crippen molar-refractivity contribution >= 4 is 67.7 Å². The third-order valence-corrected chi connectivity index (χ3v) is 16.2. The number of nitrogens with zero attached hydrogens (tertiary/aromatic N) is 2. The molecule has 0 saturated carbocycles. The third-order valence-electron chi connectivity index (χ3n) is 11.4. The zero-order valence-corrected chi connectivity index (χ0v) is 33.8. The lowest BCUT2D eigenvalue weighted by Gasteiger charge is -2.34. The van der Waals surface area contributed by atoms with E-state index in [-0.39, 0.29) is 0 Å². The number of aromatic nitrogens is 1. The van der Waals surface area contributed by atoms with E-state index in [2.05, 4.69) is 223 Å². The van der Waals surface area contributed by atoms with Crippen molar-refractivity contribution in [3.05, 3.63) is 242 Å². The van der Waals surface area contributed by atoms with Gasteiger partial charge in [-0.3, -0.25) is 0 Å². The molecular weight excluding hydrogens is 733 g/mol. The van der Waals surface area contributed by atoms with Gasteiger partial charge in [0.15, 0.2) is 8.07 Å². The minimum Gasteiger partial charge on any atom is -0.457 e. The Hall–Kier alpha value is -7.40. The number of hydrogen-bond donors (Lipinski definition) is 0. The second kappa shape index (κ2) is 15.5. The summed E-state index contributed by atoms with van der Waals surface area (Å²) in [6, 6.07) is 85.5. The fourth-order valence-corrected chi connectivity index (χ4v) is 13.5. The maximum atomic E-state index is 6.21. The molecule has 0 bridgehead atoms. The van der Waals surface area contributed by atoms with E-state index in [9.17, 15) is 0 Å². The van der Waals surface area contributed by atoms with Crippen LogP contribution in [-0.4, -0.2) is 12.6 Å². The third kappa shape index (κ3) is 6.60. The van der Waals surface area contributed by atoms with Crippen LogP contribution in [-0.2, 0) is 0 Å². The van der Waals surface area contributed by atoms with Crippen LogP contribution >= 0.6 is 0 Å². The smallest absolute Gasteiger partial charge is 0.179 e. The summed E-state index contributed by atoms with van der Waals surface area (Å²) in [5.74, 6) is 1.61. The molecular formula is C55H42N2OSi. The van der Waals surface area contributed by atoms with Crippen molar-refractivity contribution in [2.45, 2.75) is 6.92 Å². The highest BCUT2D eigenvalue weighted by Crippen LogP contribution is 2.40. The predicted octanol–water partition coefficient (Wildman–Crippen LogP) is 11.7. The summed E-state index contributed by atoms with van der Waals surface area (Å²) in [5.41, 5.74) is 7.90. The van der Waals surface area contributed by atoms with Gasteiger partial charge in [0, 0.05) is 33.5 Å². The molecule has 10 aromatic rings. The molecule has 0 aliphatic carbocycles. The molecule has 0 atom stereocenters. The summed E-state index contributed by atoms with van der Waals surface area (Å²) >= 11 is 0. The fraction of sp³-hybridized carbons (Fsp3) is 0.0182. The van der Waals surface area contributed by atoms with Crippen molar-refractivity contribution in [2.75, 3.05) is 4.90 Å². The summed E-state index contributed by atoms with van der Waals surface area (Å²) in [6.07, 6.45) is 0. The quantitative estimate of drug-likeness (QED) is 0.102. The molecule has 282 valence electrons. The molecule has 10 rings (SSSR count). The molecule has 59 heavy (non-hydrogen) atoms. The van der Waals surface area contributed by atoms with Crippen molar-refractivity contribution in [2.24, 2.45) is 0 Å². The minimum absolute atomic E-state index is 0.792. The highest BCUT2D eigenvalue weighted by molar-refractivity contribution is 7.20. The van der Waals surface area contributed by atoms with Gasteiger partial charge in [0.2, 0.25) is 0 Å². The summed E-state index contributed by atoms with van der Waals surface area (Å²) in [6.45, 7) is 2.13. The van der Waals surface area contributed by atoms with Gasteiger partial charge in [-0.15, -0.1) is 0 Å². The normalized spacial score (nSPS) is 11.5. The van der Waals surface area contributed by atoms with E-state index in [0.717, 1.165) is 39.8 Å². The van der Waals surface area contributed by atoms with Crippen LogP contribution < -0.4 is 30.4 Å². The maximum absolute atomic E-state index is 6.21. The molecule has 9 aromatic carbocycles. The van der Waals surface area contributed by atoms with Gasteiger partial charge < -0.3 is 14.2 Å². The largest absolute Gasteiger partial charge is 0.457 e. The fourth-order valence-electron chi connectivity index (χ4n) is 8.73. The monoisotopic (exact) mass is 774 g/mol. The predicted molar refractivity (Wildman–Crippen MR) is 250 cm³/mol. The van der Waals surface area contributed by atoms with Crippen molar-refractivity contribution in [3.8, 4) is 17.2 Å². The highest BCUT2D eigenvalue weighted by Gasteiger charge is 2.41. The van der Waals surface area contributed by atoms with Gasteiger partial charge in [-0.25, -0.2) is 0 Å². The summed E-state index contributed by atoms with van der Waals surface area (Å²) in [4.78, 5) is 2.34. The number of para-hydroxylation sites is 2. The molecule has 0 aliphatic heterocycles. The van der Waals surface area contributed by atoms with Crippen LogP contribution in [0.15, 0.2) is 237 Å². The zero-order valence-electron chi connectivity index (χ0n) is 32.8. The van der Waals surface area contributed by atoms with Crippen LogP contribution in [0.25, 0.3) is 27.5 Å². The second-order valence-electron chi connectivity index (χ2n) is 15.0. The molecule has 0 spiro atoms. The Morgan fingerprint density at radius 1 is 0.373 bits per heavy atom. The van der Waals surface area contributed by atoms with E-state index in [0.29, 0.717) is 0 Å². The van der Waals surface area contributed by atoms with Gasteiger partial charge in [-0.05, 0) is 113 Å². The van der Waals surface area contributed by atoms with Gasteiger partial charge in [0.05, 0.1) is 11.0 Å². The number of benzene rings is 9. The number of hydrogen-bond acceptors (Lipinski definition) is 2. The van der Waals surface area contributed by atoms with Crippen LogP contribution in [0.1, 0.15) is 5.56 Å². The molecule has 4 heteroatoms. The number of rotatable bonds is 10. The standard InChI is InChI=1S/C55H42N2OSi/c1-41-27-29-43(30-28-41)56(44-31-34-47(35-32-44)58-46-19-9-3-10-20-46)45-33-37-54-52(39-45)53-40-51(36-38-55(53)57(54)42-17-7-2-8-18-42)59(48-21-11-4-12-22-48,49-23-13-5-14-24-49)50-25-15-6-16-26-50/h2-40H,1H3. The molecule has 1 heterocycles. The van der Waals surface area contributed by atoms with E-state index in [1.807, 2.05) is 30.3 Å². The lowest BCUT2D eigenvalue weighted by molar-refractivity contribution is 0.483. The van der Waals surface area contributed by atoms with Gasteiger partial charge >= 0.3 is 0 Å². The van der Waals surface area contributed by atoms with Crippen molar-refractivity contribution in [1.29, 1.82) is 0 Å². The molecule has 0 aliphatic rings. The highest BCUT2D eigenvalue weighted by atomic mass is 28.3. The van der Waals surface area contributed by atoms with Crippen LogP contribution in [0.3, 0.4) is 0 Å². The van der Waals surface area contributed by atoms with Crippen LogP contribution in [0.2, 0.25) is 0 Å². The second-order valence-corrected chi connectivity index (χ2v) is 18.8. The van der Waals surface area contributed by atoms with E-state index in [1.165, 1.54) is 42.6 Å². The summed E-state index contributed by atoms with van der Waals surface area (Å²) in [5, 5.41) is 7.83. The Bertz CT molecular complexity index is 2890. The SMILES string of the molecule is Cc1ccc(N(c2ccc(Oc3ccccc3)cc2)c2ccc3c(c2)c2cc([Si](c4ccccc4)(c4ccccc4)c4ccccc4)ccc2n3-c2ccccc2)cc1. The lowest BCUT2D eigenvalue weighted by atomic mass is 10.1. The summed E-state index contributed by atoms with van der Waals surface area (Å²) in [7, 11) is -2.79. The molecule has 0 saturated heterocycles. The number of aryl methyl sites for hydroxylation is 1. The van der Waals surface area contributed by atoms with E-state index < -0.39 is 8.07 Å². The topological polar surface area (TPSA) is 17.4 Å². The van der Waals surface area contributed by atoms with E-state index in [4.69, 9.17) is 4.74 Å². The van der Waals surface area contributed by atoms with Gasteiger partial charge in [0.1, 0.15) is 11.5 Å². The molecule has 0 N–H and O–H groups in total. The first-order chi connectivity index (χ1) is 29.2. The Kier molecular flexibility index (Phi) is 9.45. The van der Waals surface area contributed by atoms with Gasteiger partial charge in [0.25, 0.3) is 0 Å². The number of ether oxygens (including phenoxy) is 1.